The molecule has 3 aromatic rings. The number of nitrogens with one attached hydrogen (secondary N) is 1. The summed E-state index contributed by atoms with van der Waals surface area (Å²) in [6, 6.07) is 5.88. The maximum absolute atomic E-state index is 11.3. The van der Waals surface area contributed by atoms with Crippen LogP contribution in [0.2, 0.25) is 0 Å². The monoisotopic (exact) mass is 325 g/mol. The number of carbonyl (C=O) groups excluding carboxylic acids is 1. The number of carbonyl (C=O) groups is 1. The third-order valence-electron chi connectivity index (χ3n) is 4.77. The van der Waals surface area contributed by atoms with Crippen molar-refractivity contribution in [1.82, 2.24) is 15.0 Å². The van der Waals surface area contributed by atoms with Crippen LogP contribution in [0.3, 0.4) is 0 Å². The van der Waals surface area contributed by atoms with Crippen LogP contribution in [0.25, 0.3) is 21.9 Å². The Balaban J connectivity index is 1.75. The average Bonchev–Trinajstić information content (AvgIpc) is 2.99. The molecule has 1 aliphatic heterocycles. The molecule has 0 spiro atoms. The smallest absolute Gasteiger partial charge is 0.220 e. The molecule has 7 nitrogen and oxygen atoms in total. The molecule has 0 atom stereocenters. The zero-order chi connectivity index (χ0) is 16.7. The summed E-state index contributed by atoms with van der Waals surface area (Å²) in [4.78, 5) is 25.9. The molecule has 0 radical (unpaired) electrons. The van der Waals surface area contributed by atoms with E-state index in [-0.39, 0.29) is 11.8 Å². The summed E-state index contributed by atoms with van der Waals surface area (Å²) in [5.41, 5.74) is 8.21. The lowest BCUT2D eigenvalue weighted by Gasteiger charge is -2.31. The number of ether oxygens (including phenoxy) is 1. The molecule has 3 heterocycles. The number of nitrogens with zero attached hydrogens (tertiary/aromatic N) is 3. The molecule has 3 N–H and O–H groups in total. The van der Waals surface area contributed by atoms with Gasteiger partial charge < -0.3 is 20.4 Å². The summed E-state index contributed by atoms with van der Waals surface area (Å²) in [6.07, 6.45) is 3.11. The number of nitrogens with two attached hydrogens (primary N) is 1. The molecule has 0 saturated carbocycles. The summed E-state index contributed by atoms with van der Waals surface area (Å²) >= 11 is 0. The van der Waals surface area contributed by atoms with E-state index in [9.17, 15) is 4.79 Å². The van der Waals surface area contributed by atoms with Gasteiger partial charge in [-0.1, -0.05) is 0 Å². The largest absolute Gasteiger partial charge is 0.497 e. The van der Waals surface area contributed by atoms with Crippen molar-refractivity contribution in [2.45, 2.75) is 12.8 Å². The van der Waals surface area contributed by atoms with Crippen LogP contribution in [-0.4, -0.2) is 41.1 Å². The number of hydrogen-bond acceptors (Lipinski definition) is 5. The number of fused-ring (bicyclic) bond motifs is 3. The van der Waals surface area contributed by atoms with Crippen molar-refractivity contribution in [3.63, 3.8) is 0 Å². The van der Waals surface area contributed by atoms with Gasteiger partial charge in [-0.2, -0.15) is 0 Å². The van der Waals surface area contributed by atoms with Gasteiger partial charge in [-0.3, -0.25) is 4.79 Å². The van der Waals surface area contributed by atoms with E-state index in [1.54, 1.807) is 13.4 Å². The number of piperidine rings is 1. The topological polar surface area (TPSA) is 97.1 Å². The number of methoxy groups -OCH3 is 1. The van der Waals surface area contributed by atoms with Crippen molar-refractivity contribution >= 4 is 33.7 Å². The Kier molecular flexibility index (Phi) is 3.48. The molecule has 7 heteroatoms. The van der Waals surface area contributed by atoms with Crippen molar-refractivity contribution in [3.05, 3.63) is 24.5 Å². The van der Waals surface area contributed by atoms with Crippen molar-refractivity contribution < 1.29 is 9.53 Å². The molecule has 1 amide bonds. The minimum absolute atomic E-state index is 0.0365. The summed E-state index contributed by atoms with van der Waals surface area (Å²) in [6.45, 7) is 1.52. The lowest BCUT2D eigenvalue weighted by atomic mass is 9.96. The second-order valence-corrected chi connectivity index (χ2v) is 6.12. The van der Waals surface area contributed by atoms with Crippen LogP contribution in [0.5, 0.6) is 5.75 Å². The fourth-order valence-corrected chi connectivity index (χ4v) is 3.40. The van der Waals surface area contributed by atoms with Crippen molar-refractivity contribution in [1.29, 1.82) is 0 Å². The van der Waals surface area contributed by atoms with Gasteiger partial charge >= 0.3 is 0 Å². The molecule has 1 fully saturated rings. The van der Waals surface area contributed by atoms with E-state index in [4.69, 9.17) is 10.5 Å². The Morgan fingerprint density at radius 3 is 2.83 bits per heavy atom. The Morgan fingerprint density at radius 2 is 2.12 bits per heavy atom. The number of H-pyrrole nitrogens is 1. The molecule has 2 aromatic heterocycles. The number of hydrogen-bond donors (Lipinski definition) is 2. The summed E-state index contributed by atoms with van der Waals surface area (Å²) in [7, 11) is 1.65. The Hall–Kier alpha value is -2.83. The minimum Gasteiger partial charge on any atom is -0.497 e. The maximum Gasteiger partial charge on any atom is 0.220 e. The van der Waals surface area contributed by atoms with E-state index in [0.717, 1.165) is 59.4 Å². The average molecular weight is 325 g/mol. The van der Waals surface area contributed by atoms with Crippen LogP contribution >= 0.6 is 0 Å². The highest BCUT2D eigenvalue weighted by Gasteiger charge is 2.25. The summed E-state index contributed by atoms with van der Waals surface area (Å²) in [5.74, 6) is 1.43. The first-order valence-electron chi connectivity index (χ1n) is 8.02. The highest BCUT2D eigenvalue weighted by molar-refractivity contribution is 6.08. The van der Waals surface area contributed by atoms with Gasteiger partial charge in [-0.25, -0.2) is 9.97 Å². The fraction of sp³-hybridized carbons (Fsp3) is 0.353. The number of anilines is 1. The number of benzene rings is 1. The van der Waals surface area contributed by atoms with Crippen LogP contribution in [0, 0.1) is 5.92 Å². The standard InChI is InChI=1S/C17H19N5O2/c1-24-11-2-3-13-12(8-11)14-15(21-13)17(20-9-19-14)22-6-4-10(5-7-22)16(18)23/h2-3,8-10,21H,4-7H2,1H3,(H2,18,23). The van der Waals surface area contributed by atoms with Crippen LogP contribution < -0.4 is 15.4 Å². The summed E-state index contributed by atoms with van der Waals surface area (Å²) in [5, 5.41) is 1.01. The fourth-order valence-electron chi connectivity index (χ4n) is 3.40. The third kappa shape index (κ3) is 2.33. The number of amides is 1. The van der Waals surface area contributed by atoms with E-state index >= 15 is 0 Å². The maximum atomic E-state index is 11.3. The first-order chi connectivity index (χ1) is 11.7. The van der Waals surface area contributed by atoms with Crippen LogP contribution in [0.1, 0.15) is 12.8 Å². The number of aromatic amines is 1. The molecule has 124 valence electrons. The Morgan fingerprint density at radius 1 is 1.33 bits per heavy atom. The number of aromatic nitrogens is 3. The van der Waals surface area contributed by atoms with Gasteiger partial charge in [0.1, 0.15) is 23.1 Å². The molecule has 0 aliphatic carbocycles. The van der Waals surface area contributed by atoms with E-state index in [1.165, 1.54) is 0 Å². The van der Waals surface area contributed by atoms with Gasteiger partial charge in [0, 0.05) is 29.9 Å². The van der Waals surface area contributed by atoms with Gasteiger partial charge in [0.15, 0.2) is 5.82 Å². The van der Waals surface area contributed by atoms with Crippen molar-refractivity contribution in [3.8, 4) is 5.75 Å². The van der Waals surface area contributed by atoms with Gasteiger partial charge in [0.05, 0.1) is 7.11 Å². The first-order valence-corrected chi connectivity index (χ1v) is 8.02. The highest BCUT2D eigenvalue weighted by Crippen LogP contribution is 2.32. The predicted molar refractivity (Wildman–Crippen MR) is 92.1 cm³/mol. The Bertz CT molecular complexity index is 912. The zero-order valence-electron chi connectivity index (χ0n) is 13.5. The van der Waals surface area contributed by atoms with Gasteiger partial charge in [0.25, 0.3) is 0 Å². The first kappa shape index (κ1) is 14.7. The highest BCUT2D eigenvalue weighted by atomic mass is 16.5. The molecule has 24 heavy (non-hydrogen) atoms. The molecule has 4 rings (SSSR count). The van der Waals surface area contributed by atoms with Crippen LogP contribution in [0.15, 0.2) is 24.5 Å². The molecule has 0 unspecified atom stereocenters. The van der Waals surface area contributed by atoms with E-state index in [1.807, 2.05) is 18.2 Å². The van der Waals surface area contributed by atoms with Crippen LogP contribution in [-0.2, 0) is 4.79 Å². The molecular weight excluding hydrogens is 306 g/mol. The predicted octanol–water partition coefficient (Wildman–Crippen LogP) is 1.82. The molecule has 1 saturated heterocycles. The van der Waals surface area contributed by atoms with E-state index in [2.05, 4.69) is 19.9 Å². The van der Waals surface area contributed by atoms with Crippen molar-refractivity contribution in [2.24, 2.45) is 11.7 Å². The Labute approximate surface area is 138 Å². The normalized spacial score (nSPS) is 16.0. The quantitative estimate of drug-likeness (QED) is 0.765. The number of primary amides is 1. The number of rotatable bonds is 3. The van der Waals surface area contributed by atoms with Crippen molar-refractivity contribution in [2.75, 3.05) is 25.1 Å². The molecule has 0 bridgehead atoms. The molecular formula is C17H19N5O2. The van der Waals surface area contributed by atoms with Crippen LogP contribution in [0.4, 0.5) is 5.82 Å². The zero-order valence-corrected chi connectivity index (χ0v) is 13.5. The van der Waals surface area contributed by atoms with E-state index < -0.39 is 0 Å². The van der Waals surface area contributed by atoms with Gasteiger partial charge in [-0.15, -0.1) is 0 Å². The summed E-state index contributed by atoms with van der Waals surface area (Å²) < 4.78 is 5.31. The minimum atomic E-state index is -0.208. The lowest BCUT2D eigenvalue weighted by molar-refractivity contribution is -0.122. The molecule has 1 aromatic carbocycles. The molecule has 1 aliphatic rings. The lowest BCUT2D eigenvalue weighted by Crippen LogP contribution is -2.39. The van der Waals surface area contributed by atoms with Gasteiger partial charge in [-0.05, 0) is 31.0 Å². The third-order valence-corrected chi connectivity index (χ3v) is 4.77. The second kappa shape index (κ2) is 5.67. The van der Waals surface area contributed by atoms with Gasteiger partial charge in [0.2, 0.25) is 5.91 Å². The SMILES string of the molecule is COc1ccc2[nH]c3c(N4CCC(C(N)=O)CC4)ncnc3c2c1. The van der Waals surface area contributed by atoms with E-state index in [0.29, 0.717) is 0 Å². The second-order valence-electron chi connectivity index (χ2n) is 6.12.